The van der Waals surface area contributed by atoms with Crippen LogP contribution in [-0.2, 0) is 0 Å². The van der Waals surface area contributed by atoms with E-state index in [-0.39, 0.29) is 0 Å². The van der Waals surface area contributed by atoms with E-state index < -0.39 is 8.32 Å². The van der Waals surface area contributed by atoms with E-state index in [2.05, 4.69) is 38.4 Å². The summed E-state index contributed by atoms with van der Waals surface area (Å²) in [7, 11) is -1.47. The molecule has 2 heteroatoms. The minimum absolute atomic E-state index is 0.967. The molecule has 0 spiro atoms. The lowest BCUT2D eigenvalue weighted by molar-refractivity contribution is 0.557. The summed E-state index contributed by atoms with van der Waals surface area (Å²) >= 11 is 0. The largest absolute Gasteiger partial charge is 0.544 e. The minimum atomic E-state index is -1.47. The van der Waals surface area contributed by atoms with Gasteiger partial charge in [0.25, 0.3) is 0 Å². The number of benzene rings is 1. The summed E-state index contributed by atoms with van der Waals surface area (Å²) in [4.78, 5) is 0. The van der Waals surface area contributed by atoms with E-state index in [1.165, 1.54) is 5.56 Å². The topological polar surface area (TPSA) is 9.23 Å². The first-order valence-electron chi connectivity index (χ1n) is 4.83. The average Bonchev–Trinajstić information content (AvgIpc) is 2.02. The van der Waals surface area contributed by atoms with Crippen molar-refractivity contribution in [1.29, 1.82) is 0 Å². The molecule has 1 aromatic rings. The number of rotatable bonds is 3. The molecule has 0 aromatic heterocycles. The molecule has 0 amide bonds. The van der Waals surface area contributed by atoms with Gasteiger partial charge in [0.1, 0.15) is 5.75 Å². The molecule has 14 heavy (non-hydrogen) atoms. The summed E-state index contributed by atoms with van der Waals surface area (Å²) in [6, 6.07) is 8.14. The van der Waals surface area contributed by atoms with Gasteiger partial charge in [-0.05, 0) is 44.3 Å². The molecule has 0 aliphatic heterocycles. The molecule has 76 valence electrons. The number of hydrogen-bond donors (Lipinski definition) is 0. The monoisotopic (exact) mass is 206 g/mol. The van der Waals surface area contributed by atoms with Crippen molar-refractivity contribution in [2.24, 2.45) is 0 Å². The first-order chi connectivity index (χ1) is 6.38. The van der Waals surface area contributed by atoms with Crippen molar-refractivity contribution in [3.8, 4) is 5.75 Å². The smallest absolute Gasteiger partial charge is 0.242 e. The Hall–Kier alpha value is -1.02. The second-order valence-electron chi connectivity index (χ2n) is 4.52. The second-order valence-corrected chi connectivity index (χ2v) is 8.95. The van der Waals surface area contributed by atoms with Gasteiger partial charge in [0.05, 0.1) is 0 Å². The Morgan fingerprint density at radius 2 is 1.64 bits per heavy atom. The highest BCUT2D eigenvalue weighted by Gasteiger charge is 2.15. The van der Waals surface area contributed by atoms with Crippen LogP contribution in [0.1, 0.15) is 12.5 Å². The Balaban J connectivity index is 2.79. The van der Waals surface area contributed by atoms with E-state index in [0.29, 0.717) is 0 Å². The summed E-state index contributed by atoms with van der Waals surface area (Å²) in [5, 5.41) is 0. The maximum atomic E-state index is 5.85. The molecule has 1 aromatic carbocycles. The van der Waals surface area contributed by atoms with Crippen LogP contribution in [0.5, 0.6) is 5.75 Å². The highest BCUT2D eigenvalue weighted by Crippen LogP contribution is 2.19. The van der Waals surface area contributed by atoms with Gasteiger partial charge in [0.2, 0.25) is 8.32 Å². The van der Waals surface area contributed by atoms with E-state index in [9.17, 15) is 0 Å². The Morgan fingerprint density at radius 3 is 2.00 bits per heavy atom. The third kappa shape index (κ3) is 3.38. The van der Waals surface area contributed by atoms with E-state index >= 15 is 0 Å². The van der Waals surface area contributed by atoms with Crippen molar-refractivity contribution >= 4 is 13.9 Å². The van der Waals surface area contributed by atoms with Gasteiger partial charge in [-0.3, -0.25) is 0 Å². The van der Waals surface area contributed by atoms with Crippen LogP contribution in [0.25, 0.3) is 5.57 Å². The van der Waals surface area contributed by atoms with Gasteiger partial charge < -0.3 is 4.43 Å². The summed E-state index contributed by atoms with van der Waals surface area (Å²) in [5.74, 6) is 0.967. The molecule has 0 saturated heterocycles. The van der Waals surface area contributed by atoms with Crippen molar-refractivity contribution in [1.82, 2.24) is 0 Å². The Kier molecular flexibility index (Phi) is 3.16. The molecule has 0 saturated carbocycles. The van der Waals surface area contributed by atoms with Crippen LogP contribution in [-0.4, -0.2) is 8.32 Å². The zero-order chi connectivity index (χ0) is 10.8. The standard InChI is InChI=1S/C12H18OSi/c1-10(2)11-6-8-12(9-7-11)13-14(3,4)5/h6-9H,1H2,2-5H3. The molecular formula is C12H18OSi. The summed E-state index contributed by atoms with van der Waals surface area (Å²) in [6.07, 6.45) is 0. The van der Waals surface area contributed by atoms with Gasteiger partial charge in [0, 0.05) is 0 Å². The van der Waals surface area contributed by atoms with Gasteiger partial charge in [-0.15, -0.1) is 0 Å². The fraction of sp³-hybridized carbons (Fsp3) is 0.333. The molecule has 0 fully saturated rings. The van der Waals surface area contributed by atoms with Crippen molar-refractivity contribution in [3.05, 3.63) is 36.4 Å². The molecule has 0 radical (unpaired) electrons. The second kappa shape index (κ2) is 4.01. The third-order valence-electron chi connectivity index (χ3n) is 1.77. The Bertz CT molecular complexity index is 319. The fourth-order valence-electron chi connectivity index (χ4n) is 1.16. The lowest BCUT2D eigenvalue weighted by atomic mass is 10.1. The maximum absolute atomic E-state index is 5.85. The van der Waals surface area contributed by atoms with Crippen LogP contribution in [0.2, 0.25) is 19.6 Å². The molecule has 0 bridgehead atoms. The van der Waals surface area contributed by atoms with E-state index in [4.69, 9.17) is 4.43 Å². The van der Waals surface area contributed by atoms with Crippen molar-refractivity contribution in [2.75, 3.05) is 0 Å². The molecule has 0 aliphatic rings. The maximum Gasteiger partial charge on any atom is 0.242 e. The zero-order valence-corrected chi connectivity index (χ0v) is 10.4. The van der Waals surface area contributed by atoms with E-state index in [1.807, 2.05) is 19.1 Å². The minimum Gasteiger partial charge on any atom is -0.544 e. The first-order valence-corrected chi connectivity index (χ1v) is 8.24. The summed E-state index contributed by atoms with van der Waals surface area (Å²) in [6.45, 7) is 12.4. The molecule has 0 N–H and O–H groups in total. The molecule has 0 atom stereocenters. The van der Waals surface area contributed by atoms with Gasteiger partial charge in [-0.25, -0.2) is 0 Å². The quantitative estimate of drug-likeness (QED) is 0.681. The van der Waals surface area contributed by atoms with Gasteiger partial charge in [-0.2, -0.15) is 0 Å². The lowest BCUT2D eigenvalue weighted by Crippen LogP contribution is -2.29. The van der Waals surface area contributed by atoms with Crippen LogP contribution in [0.15, 0.2) is 30.8 Å². The van der Waals surface area contributed by atoms with Gasteiger partial charge >= 0.3 is 0 Å². The zero-order valence-electron chi connectivity index (χ0n) is 9.42. The van der Waals surface area contributed by atoms with Crippen molar-refractivity contribution in [2.45, 2.75) is 26.6 Å². The Labute approximate surface area is 87.5 Å². The first kappa shape index (κ1) is 11.1. The van der Waals surface area contributed by atoms with Crippen LogP contribution in [0.3, 0.4) is 0 Å². The number of allylic oxidation sites excluding steroid dienone is 1. The molecule has 0 aliphatic carbocycles. The molecule has 1 nitrogen and oxygen atoms in total. The Morgan fingerprint density at radius 1 is 1.14 bits per heavy atom. The van der Waals surface area contributed by atoms with Gasteiger partial charge in [0.15, 0.2) is 0 Å². The van der Waals surface area contributed by atoms with Crippen LogP contribution >= 0.6 is 0 Å². The SMILES string of the molecule is C=C(C)c1ccc(O[Si](C)(C)C)cc1. The van der Waals surface area contributed by atoms with Crippen LogP contribution in [0.4, 0.5) is 0 Å². The van der Waals surface area contributed by atoms with Crippen molar-refractivity contribution < 1.29 is 4.43 Å². The van der Waals surface area contributed by atoms with Crippen LogP contribution in [0, 0.1) is 0 Å². The average molecular weight is 206 g/mol. The predicted octanol–water partition coefficient (Wildman–Crippen LogP) is 3.93. The highest BCUT2D eigenvalue weighted by atomic mass is 28.4. The van der Waals surface area contributed by atoms with Crippen LogP contribution < -0.4 is 4.43 Å². The summed E-state index contributed by atoms with van der Waals surface area (Å²) < 4.78 is 5.85. The normalized spacial score (nSPS) is 11.1. The molecular weight excluding hydrogens is 188 g/mol. The van der Waals surface area contributed by atoms with E-state index in [1.54, 1.807) is 0 Å². The lowest BCUT2D eigenvalue weighted by Gasteiger charge is -2.19. The third-order valence-corrected chi connectivity index (χ3v) is 2.62. The molecule has 0 heterocycles. The molecule has 0 unspecified atom stereocenters. The number of hydrogen-bond acceptors (Lipinski definition) is 1. The summed E-state index contributed by atoms with van der Waals surface area (Å²) in [5.41, 5.74) is 2.26. The van der Waals surface area contributed by atoms with Gasteiger partial charge in [-0.1, -0.05) is 24.3 Å². The predicted molar refractivity (Wildman–Crippen MR) is 65.1 cm³/mol. The highest BCUT2D eigenvalue weighted by molar-refractivity contribution is 6.70. The fourth-order valence-corrected chi connectivity index (χ4v) is 2.00. The van der Waals surface area contributed by atoms with E-state index in [0.717, 1.165) is 11.3 Å². The van der Waals surface area contributed by atoms with Crippen molar-refractivity contribution in [3.63, 3.8) is 0 Å². The molecule has 1 rings (SSSR count).